The average Bonchev–Trinajstić information content (AvgIpc) is 2.57. The lowest BCUT2D eigenvalue weighted by molar-refractivity contribution is -0.265. The SMILES string of the molecule is COC12CC3CCCCC3CC1(OC)CC1CCCCC1C2. The number of rotatable bonds is 2. The molecule has 0 aliphatic heterocycles. The molecule has 0 saturated heterocycles. The summed E-state index contributed by atoms with van der Waals surface area (Å²) in [6.07, 6.45) is 16.6. The highest BCUT2D eigenvalue weighted by atomic mass is 16.5. The summed E-state index contributed by atoms with van der Waals surface area (Å²) in [4.78, 5) is 0. The molecule has 0 aromatic rings. The van der Waals surface area contributed by atoms with Crippen LogP contribution in [0.3, 0.4) is 0 Å². The molecule has 4 fully saturated rings. The molecule has 4 rings (SSSR count). The van der Waals surface area contributed by atoms with Crippen LogP contribution in [0.2, 0.25) is 0 Å². The summed E-state index contributed by atoms with van der Waals surface area (Å²) in [5.41, 5.74) is 0.0253. The minimum Gasteiger partial charge on any atom is -0.375 e. The maximum atomic E-state index is 6.35. The Hall–Kier alpha value is -0.0800. The van der Waals surface area contributed by atoms with E-state index in [9.17, 15) is 0 Å². The first-order chi connectivity index (χ1) is 10.7. The van der Waals surface area contributed by atoms with Gasteiger partial charge in [-0.15, -0.1) is 0 Å². The van der Waals surface area contributed by atoms with Crippen LogP contribution in [0.25, 0.3) is 0 Å². The first-order valence-electron chi connectivity index (χ1n) is 9.82. The summed E-state index contributed by atoms with van der Waals surface area (Å²) in [5, 5.41) is 0. The standard InChI is InChI=1S/C20H34O2/c1-21-19-11-15-7-3-5-9-17(15)13-20(19,22-2)14-18-10-6-4-8-16(18)12-19/h15-18H,3-14H2,1-2H3. The number of hydrogen-bond donors (Lipinski definition) is 0. The Morgan fingerprint density at radius 1 is 0.545 bits per heavy atom. The van der Waals surface area contributed by atoms with Gasteiger partial charge in [0.1, 0.15) is 0 Å². The highest BCUT2D eigenvalue weighted by Crippen LogP contribution is 2.61. The normalized spacial score (nSPS) is 51.5. The zero-order valence-corrected chi connectivity index (χ0v) is 14.6. The lowest BCUT2D eigenvalue weighted by atomic mass is 9.50. The quantitative estimate of drug-likeness (QED) is 0.718. The van der Waals surface area contributed by atoms with Gasteiger partial charge in [0.25, 0.3) is 0 Å². The van der Waals surface area contributed by atoms with Crippen molar-refractivity contribution in [3.63, 3.8) is 0 Å². The third-order valence-electron chi connectivity index (χ3n) is 8.11. The maximum Gasteiger partial charge on any atom is 0.0972 e. The molecule has 2 nitrogen and oxygen atoms in total. The topological polar surface area (TPSA) is 18.5 Å². The number of ether oxygens (including phenoxy) is 2. The fourth-order valence-corrected chi connectivity index (χ4v) is 6.95. The Bertz CT molecular complexity index is 339. The molecule has 4 saturated carbocycles. The zero-order valence-electron chi connectivity index (χ0n) is 14.6. The molecule has 0 spiro atoms. The Kier molecular flexibility index (Phi) is 4.05. The van der Waals surface area contributed by atoms with E-state index >= 15 is 0 Å². The molecule has 4 unspecified atom stereocenters. The van der Waals surface area contributed by atoms with Crippen molar-refractivity contribution < 1.29 is 9.47 Å². The Labute approximate surface area is 136 Å². The van der Waals surface area contributed by atoms with Crippen LogP contribution in [-0.2, 0) is 9.47 Å². The Balaban J connectivity index is 1.67. The molecule has 0 aromatic carbocycles. The van der Waals surface area contributed by atoms with Crippen molar-refractivity contribution in [3.8, 4) is 0 Å². The second kappa shape index (κ2) is 5.77. The van der Waals surface area contributed by atoms with E-state index in [1.807, 2.05) is 14.2 Å². The Morgan fingerprint density at radius 2 is 0.818 bits per heavy atom. The van der Waals surface area contributed by atoms with Crippen molar-refractivity contribution in [3.05, 3.63) is 0 Å². The summed E-state index contributed by atoms with van der Waals surface area (Å²) in [6, 6.07) is 0. The molecule has 4 atom stereocenters. The van der Waals surface area contributed by atoms with Crippen LogP contribution >= 0.6 is 0 Å². The highest BCUT2D eigenvalue weighted by Gasteiger charge is 2.62. The van der Waals surface area contributed by atoms with Crippen LogP contribution in [0.4, 0.5) is 0 Å². The van der Waals surface area contributed by atoms with Crippen LogP contribution in [-0.4, -0.2) is 25.4 Å². The van der Waals surface area contributed by atoms with Crippen molar-refractivity contribution in [1.29, 1.82) is 0 Å². The van der Waals surface area contributed by atoms with Gasteiger partial charge in [0.2, 0.25) is 0 Å². The maximum absolute atomic E-state index is 6.35. The minimum absolute atomic E-state index is 0.0127. The van der Waals surface area contributed by atoms with E-state index in [4.69, 9.17) is 9.47 Å². The molecule has 4 aliphatic carbocycles. The van der Waals surface area contributed by atoms with Gasteiger partial charge in [-0.25, -0.2) is 0 Å². The van der Waals surface area contributed by atoms with Gasteiger partial charge in [-0.05, 0) is 49.4 Å². The molecule has 0 radical (unpaired) electrons. The molecule has 0 N–H and O–H groups in total. The van der Waals surface area contributed by atoms with Crippen LogP contribution < -0.4 is 0 Å². The van der Waals surface area contributed by atoms with E-state index in [0.717, 1.165) is 23.7 Å². The van der Waals surface area contributed by atoms with Gasteiger partial charge < -0.3 is 9.47 Å². The molecule has 2 heteroatoms. The van der Waals surface area contributed by atoms with E-state index in [0.29, 0.717) is 0 Å². The van der Waals surface area contributed by atoms with Crippen LogP contribution in [0.1, 0.15) is 77.0 Å². The van der Waals surface area contributed by atoms with Gasteiger partial charge in [0.05, 0.1) is 11.2 Å². The minimum atomic E-state index is 0.0127. The van der Waals surface area contributed by atoms with Crippen molar-refractivity contribution in [2.24, 2.45) is 23.7 Å². The fourth-order valence-electron chi connectivity index (χ4n) is 6.95. The summed E-state index contributed by atoms with van der Waals surface area (Å²) in [7, 11) is 3.94. The molecular formula is C20H34O2. The first kappa shape index (κ1) is 15.4. The van der Waals surface area contributed by atoms with E-state index in [1.165, 1.54) is 77.0 Å². The average molecular weight is 306 g/mol. The van der Waals surface area contributed by atoms with Crippen LogP contribution in [0.5, 0.6) is 0 Å². The molecule has 4 aliphatic rings. The summed E-state index contributed by atoms with van der Waals surface area (Å²) in [5.74, 6) is 3.60. The summed E-state index contributed by atoms with van der Waals surface area (Å²) >= 11 is 0. The lowest BCUT2D eigenvalue weighted by Gasteiger charge is -2.63. The number of methoxy groups -OCH3 is 2. The summed E-state index contributed by atoms with van der Waals surface area (Å²) in [6.45, 7) is 0. The second-order valence-electron chi connectivity index (χ2n) is 8.82. The predicted octanol–water partition coefficient (Wildman–Crippen LogP) is 4.96. The van der Waals surface area contributed by atoms with Gasteiger partial charge >= 0.3 is 0 Å². The van der Waals surface area contributed by atoms with E-state index in [1.54, 1.807) is 0 Å². The van der Waals surface area contributed by atoms with Crippen molar-refractivity contribution >= 4 is 0 Å². The van der Waals surface area contributed by atoms with Crippen LogP contribution in [0, 0.1) is 23.7 Å². The van der Waals surface area contributed by atoms with Crippen molar-refractivity contribution in [2.45, 2.75) is 88.3 Å². The van der Waals surface area contributed by atoms with Gasteiger partial charge in [0, 0.05) is 14.2 Å². The van der Waals surface area contributed by atoms with E-state index in [-0.39, 0.29) is 11.2 Å². The van der Waals surface area contributed by atoms with Crippen molar-refractivity contribution in [2.75, 3.05) is 14.2 Å². The number of hydrogen-bond acceptors (Lipinski definition) is 2. The van der Waals surface area contributed by atoms with Gasteiger partial charge in [-0.1, -0.05) is 51.4 Å². The molecule has 0 bridgehead atoms. The molecule has 126 valence electrons. The monoisotopic (exact) mass is 306 g/mol. The fraction of sp³-hybridized carbons (Fsp3) is 1.00. The highest BCUT2D eigenvalue weighted by molar-refractivity contribution is 5.14. The molecule has 22 heavy (non-hydrogen) atoms. The lowest BCUT2D eigenvalue weighted by Crippen LogP contribution is -2.66. The van der Waals surface area contributed by atoms with Gasteiger partial charge in [-0.3, -0.25) is 0 Å². The molecular weight excluding hydrogens is 272 g/mol. The predicted molar refractivity (Wildman–Crippen MR) is 88.8 cm³/mol. The van der Waals surface area contributed by atoms with Gasteiger partial charge in [0.15, 0.2) is 0 Å². The molecule has 0 aromatic heterocycles. The third kappa shape index (κ3) is 2.20. The van der Waals surface area contributed by atoms with Crippen molar-refractivity contribution in [1.82, 2.24) is 0 Å². The second-order valence-corrected chi connectivity index (χ2v) is 8.82. The summed E-state index contributed by atoms with van der Waals surface area (Å²) < 4.78 is 12.7. The largest absolute Gasteiger partial charge is 0.375 e. The zero-order chi connectivity index (χ0) is 15.2. The van der Waals surface area contributed by atoms with Crippen LogP contribution in [0.15, 0.2) is 0 Å². The van der Waals surface area contributed by atoms with E-state index < -0.39 is 0 Å². The van der Waals surface area contributed by atoms with Gasteiger partial charge in [-0.2, -0.15) is 0 Å². The third-order valence-corrected chi connectivity index (χ3v) is 8.11. The van der Waals surface area contributed by atoms with E-state index in [2.05, 4.69) is 0 Å². The molecule has 0 amide bonds. The number of fused-ring (bicyclic) bond motifs is 3. The first-order valence-corrected chi connectivity index (χ1v) is 9.82. The Morgan fingerprint density at radius 3 is 1.05 bits per heavy atom. The smallest absolute Gasteiger partial charge is 0.0972 e. The molecule has 0 heterocycles.